The van der Waals surface area contributed by atoms with Crippen LogP contribution in [-0.4, -0.2) is 14.1 Å². The molecule has 1 rings (SSSR count). The average Bonchev–Trinajstić information content (AvgIpc) is 2.04. The molecule has 0 aliphatic carbocycles. The van der Waals surface area contributed by atoms with E-state index in [0.29, 0.717) is 0 Å². The second-order valence-corrected chi connectivity index (χ2v) is 3.37. The fourth-order valence-electron chi connectivity index (χ4n) is 0.915. The molecule has 0 N–H and O–H groups in total. The van der Waals surface area contributed by atoms with E-state index < -0.39 is 0 Å². The van der Waals surface area contributed by atoms with Gasteiger partial charge >= 0.3 is 0 Å². The molecule has 0 saturated heterocycles. The van der Waals surface area contributed by atoms with Gasteiger partial charge in [0.15, 0.2) is 0 Å². The number of hydrogen-bond acceptors (Lipinski definition) is 2. The molecule has 1 radical (unpaired) electrons. The second-order valence-electron chi connectivity index (χ2n) is 2.36. The van der Waals surface area contributed by atoms with Gasteiger partial charge in [0.2, 0.25) is 0 Å². The van der Waals surface area contributed by atoms with E-state index in [0.717, 1.165) is 11.4 Å². The second kappa shape index (κ2) is 3.87. The largest absolute Gasteiger partial charge is 0.286 e. The Labute approximate surface area is 82.5 Å². The number of para-hydroxylation sites is 1. The molecule has 0 unspecified atom stereocenters. The van der Waals surface area contributed by atoms with Gasteiger partial charge in [-0.05, 0) is 6.07 Å². The Kier molecular flexibility index (Phi) is 3.06. The van der Waals surface area contributed by atoms with E-state index in [4.69, 9.17) is 23.6 Å². The minimum Gasteiger partial charge on any atom is -0.286 e. The zero-order chi connectivity index (χ0) is 9.14. The van der Waals surface area contributed by atoms with E-state index in [-0.39, 0.29) is 0 Å². The zero-order valence-electron chi connectivity index (χ0n) is 6.88. The van der Waals surface area contributed by atoms with Crippen molar-refractivity contribution in [3.8, 4) is 0 Å². The first-order valence-electron chi connectivity index (χ1n) is 3.42. The van der Waals surface area contributed by atoms with Crippen LogP contribution < -0.4 is 8.84 Å². The average molecular weight is 204 g/mol. The van der Waals surface area contributed by atoms with Crippen LogP contribution in [0.3, 0.4) is 0 Å². The molecule has 1 aromatic carbocycles. The Morgan fingerprint density at radius 1 is 1.25 bits per heavy atom. The van der Waals surface area contributed by atoms with Gasteiger partial charge in [0.05, 0.1) is 11.4 Å². The van der Waals surface area contributed by atoms with Gasteiger partial charge < -0.3 is 0 Å². The Hall–Kier alpha value is -0.600. The maximum atomic E-state index is 5.78. The fourth-order valence-corrected chi connectivity index (χ4v) is 1.19. The van der Waals surface area contributed by atoms with Crippen LogP contribution in [-0.2, 0) is 0 Å². The third-order valence-corrected chi connectivity index (χ3v) is 1.80. The predicted molar refractivity (Wildman–Crippen MR) is 53.8 cm³/mol. The molecule has 0 saturated carbocycles. The van der Waals surface area contributed by atoms with Gasteiger partial charge in [-0.2, -0.15) is 0 Å². The summed E-state index contributed by atoms with van der Waals surface area (Å²) in [6.07, 6.45) is 0. The molecule has 0 bridgehead atoms. The maximum absolute atomic E-state index is 5.78. The predicted octanol–water partition coefficient (Wildman–Crippen LogP) is 2.67. The van der Waals surface area contributed by atoms with Gasteiger partial charge in [-0.25, -0.2) is 0 Å². The van der Waals surface area contributed by atoms with Crippen molar-refractivity contribution in [1.29, 1.82) is 0 Å². The summed E-state index contributed by atoms with van der Waals surface area (Å²) in [7, 11) is 3.48. The number of nitrogens with zero attached hydrogens (tertiary/aromatic N) is 2. The minimum absolute atomic E-state index is 0.761. The first-order chi connectivity index (χ1) is 5.63. The third kappa shape index (κ3) is 1.96. The van der Waals surface area contributed by atoms with Crippen molar-refractivity contribution < 1.29 is 0 Å². The van der Waals surface area contributed by atoms with Crippen molar-refractivity contribution in [2.24, 2.45) is 0 Å². The monoisotopic (exact) mass is 203 g/mol. The van der Waals surface area contributed by atoms with Gasteiger partial charge in [-0.15, -0.1) is 0 Å². The molecule has 0 heterocycles. The van der Waals surface area contributed by atoms with Crippen LogP contribution in [0.2, 0.25) is 0 Å². The van der Waals surface area contributed by atoms with Gasteiger partial charge in [0, 0.05) is 43.7 Å². The topological polar surface area (TPSA) is 6.48 Å². The van der Waals surface area contributed by atoms with Crippen molar-refractivity contribution in [2.45, 2.75) is 0 Å². The number of benzene rings is 1. The van der Waals surface area contributed by atoms with Crippen molar-refractivity contribution in [3.63, 3.8) is 0 Å². The quantitative estimate of drug-likeness (QED) is 0.683. The lowest BCUT2D eigenvalue weighted by atomic mass is 10.2. The molecule has 12 heavy (non-hydrogen) atoms. The van der Waals surface area contributed by atoms with E-state index >= 15 is 0 Å². The van der Waals surface area contributed by atoms with E-state index in [1.54, 1.807) is 20.2 Å². The number of hydrogen-bond donors (Lipinski definition) is 0. The molecule has 0 aromatic heterocycles. The van der Waals surface area contributed by atoms with Crippen LogP contribution in [0, 0.1) is 6.07 Å². The van der Waals surface area contributed by atoms with Crippen LogP contribution >= 0.6 is 23.6 Å². The number of halogens is 2. The molecule has 65 valence electrons. The summed E-state index contributed by atoms with van der Waals surface area (Å²) in [4.78, 5) is 0. The molecular formula is C8H9Cl2N2. The van der Waals surface area contributed by atoms with E-state index in [2.05, 4.69) is 6.07 Å². The summed E-state index contributed by atoms with van der Waals surface area (Å²) in [5.41, 5.74) is 1.59. The Balaban J connectivity index is 3.09. The number of anilines is 2. The summed E-state index contributed by atoms with van der Waals surface area (Å²) in [5, 5.41) is 0. The molecule has 0 aliphatic heterocycles. The molecule has 0 spiro atoms. The van der Waals surface area contributed by atoms with Crippen LogP contribution in [0.15, 0.2) is 18.2 Å². The van der Waals surface area contributed by atoms with Gasteiger partial charge in [0.1, 0.15) is 0 Å². The van der Waals surface area contributed by atoms with Crippen molar-refractivity contribution in [2.75, 3.05) is 22.9 Å². The SMILES string of the molecule is CN(Cl)c1[c]cccc1N(C)Cl. The van der Waals surface area contributed by atoms with Crippen molar-refractivity contribution in [3.05, 3.63) is 24.3 Å². The molecule has 0 aliphatic rings. The first kappa shape index (κ1) is 9.49. The van der Waals surface area contributed by atoms with Crippen LogP contribution in [0.1, 0.15) is 0 Å². The van der Waals surface area contributed by atoms with Gasteiger partial charge in [-0.1, -0.05) is 12.1 Å². The highest BCUT2D eigenvalue weighted by Gasteiger charge is 2.07. The standard InChI is InChI=1S/C8H9Cl2N2/c1-11(9)7-5-3-4-6-8(7)12(2)10/h3-5H,1-2H3. The normalized spacial score (nSPS) is 9.67. The van der Waals surface area contributed by atoms with Crippen molar-refractivity contribution in [1.82, 2.24) is 0 Å². The zero-order valence-corrected chi connectivity index (χ0v) is 8.39. The highest BCUT2D eigenvalue weighted by molar-refractivity contribution is 6.29. The minimum atomic E-state index is 0.761. The summed E-state index contributed by atoms with van der Waals surface area (Å²) >= 11 is 11.5. The van der Waals surface area contributed by atoms with Crippen LogP contribution in [0.4, 0.5) is 11.4 Å². The van der Waals surface area contributed by atoms with Crippen molar-refractivity contribution >= 4 is 34.9 Å². The third-order valence-electron chi connectivity index (χ3n) is 1.45. The first-order valence-corrected chi connectivity index (χ1v) is 4.10. The summed E-state index contributed by atoms with van der Waals surface area (Å²) < 4.78 is 2.93. The molecule has 0 fully saturated rings. The van der Waals surface area contributed by atoms with E-state index in [9.17, 15) is 0 Å². The molecule has 1 aromatic rings. The van der Waals surface area contributed by atoms with Gasteiger partial charge in [0.25, 0.3) is 0 Å². The molecular weight excluding hydrogens is 195 g/mol. The molecule has 0 atom stereocenters. The highest BCUT2D eigenvalue weighted by atomic mass is 35.5. The Morgan fingerprint density at radius 2 is 1.92 bits per heavy atom. The maximum Gasteiger partial charge on any atom is 0.0844 e. The molecule has 4 heteroatoms. The fraction of sp³-hybridized carbons (Fsp3) is 0.250. The lowest BCUT2D eigenvalue weighted by Gasteiger charge is -2.17. The smallest absolute Gasteiger partial charge is 0.0844 e. The number of rotatable bonds is 2. The molecule has 2 nitrogen and oxygen atoms in total. The van der Waals surface area contributed by atoms with Gasteiger partial charge in [-0.3, -0.25) is 8.84 Å². The van der Waals surface area contributed by atoms with E-state index in [1.165, 1.54) is 8.84 Å². The lowest BCUT2D eigenvalue weighted by molar-refractivity contribution is 1.27. The van der Waals surface area contributed by atoms with Crippen LogP contribution in [0.25, 0.3) is 0 Å². The Bertz CT molecular complexity index is 234. The lowest BCUT2D eigenvalue weighted by Crippen LogP contribution is -2.08. The molecule has 0 amide bonds. The summed E-state index contributed by atoms with van der Waals surface area (Å²) in [6.45, 7) is 0. The highest BCUT2D eigenvalue weighted by Crippen LogP contribution is 2.28. The summed E-state index contributed by atoms with van der Waals surface area (Å²) in [6, 6.07) is 8.51. The summed E-state index contributed by atoms with van der Waals surface area (Å²) in [5.74, 6) is 0. The Morgan fingerprint density at radius 3 is 2.33 bits per heavy atom. The van der Waals surface area contributed by atoms with Crippen LogP contribution in [0.5, 0.6) is 0 Å². The van der Waals surface area contributed by atoms with E-state index in [1.807, 2.05) is 12.1 Å².